The lowest BCUT2D eigenvalue weighted by Gasteiger charge is -2.19. The highest BCUT2D eigenvalue weighted by Gasteiger charge is 2.21. The molecule has 0 bridgehead atoms. The first-order chi connectivity index (χ1) is 13.3. The Labute approximate surface area is 165 Å². The average molecular weight is 386 g/mol. The number of amides is 2. The van der Waals surface area contributed by atoms with Gasteiger partial charge in [-0.1, -0.05) is 12.1 Å². The number of hydrogen-bond acceptors (Lipinski definition) is 5. The maximum Gasteiger partial charge on any atom is 0.254 e. The van der Waals surface area contributed by atoms with Gasteiger partial charge in [-0.05, 0) is 43.2 Å². The second-order valence-electron chi connectivity index (χ2n) is 6.37. The Morgan fingerprint density at radius 2 is 1.61 bits per heavy atom. The van der Waals surface area contributed by atoms with Crippen molar-refractivity contribution in [1.29, 1.82) is 0 Å². The van der Waals surface area contributed by atoms with Crippen LogP contribution in [0.2, 0.25) is 0 Å². The molecule has 7 nitrogen and oxygen atoms in total. The monoisotopic (exact) mass is 386 g/mol. The Balaban J connectivity index is 2.16. The second-order valence-corrected chi connectivity index (χ2v) is 6.37. The van der Waals surface area contributed by atoms with Crippen molar-refractivity contribution in [2.45, 2.75) is 13.8 Å². The van der Waals surface area contributed by atoms with Gasteiger partial charge in [0.25, 0.3) is 5.91 Å². The van der Waals surface area contributed by atoms with Crippen molar-refractivity contribution in [3.8, 4) is 17.2 Å². The lowest BCUT2D eigenvalue weighted by atomic mass is 10.1. The zero-order valence-corrected chi connectivity index (χ0v) is 17.1. The Bertz CT molecular complexity index is 854. The zero-order valence-electron chi connectivity index (χ0n) is 17.1. The van der Waals surface area contributed by atoms with Crippen molar-refractivity contribution in [2.75, 3.05) is 40.2 Å². The highest BCUT2D eigenvalue weighted by Crippen LogP contribution is 2.38. The summed E-state index contributed by atoms with van der Waals surface area (Å²) >= 11 is 0. The lowest BCUT2D eigenvalue weighted by molar-refractivity contribution is -0.116. The van der Waals surface area contributed by atoms with E-state index in [1.807, 2.05) is 32.0 Å². The number of likely N-dealkylation sites (N-methyl/N-ethyl adjacent to an activating group) is 1. The van der Waals surface area contributed by atoms with Crippen LogP contribution < -0.4 is 19.5 Å². The summed E-state index contributed by atoms with van der Waals surface area (Å²) in [5, 5.41) is 2.85. The number of carbonyl (C=O) groups is 2. The predicted octanol–water partition coefficient (Wildman–Crippen LogP) is 3.04. The molecule has 0 aliphatic carbocycles. The van der Waals surface area contributed by atoms with E-state index in [2.05, 4.69) is 5.32 Å². The minimum Gasteiger partial charge on any atom is -0.493 e. The molecule has 0 saturated heterocycles. The average Bonchev–Trinajstić information content (AvgIpc) is 2.69. The first-order valence-corrected chi connectivity index (χ1v) is 8.73. The van der Waals surface area contributed by atoms with Crippen LogP contribution in [0.25, 0.3) is 0 Å². The molecule has 0 radical (unpaired) electrons. The summed E-state index contributed by atoms with van der Waals surface area (Å²) in [5.74, 6) is 0.529. The van der Waals surface area contributed by atoms with E-state index in [1.165, 1.54) is 26.2 Å². The molecule has 1 N–H and O–H groups in total. The molecule has 2 rings (SSSR count). The summed E-state index contributed by atoms with van der Waals surface area (Å²) in [4.78, 5) is 26.5. The van der Waals surface area contributed by atoms with Crippen molar-refractivity contribution >= 4 is 17.5 Å². The Morgan fingerprint density at radius 3 is 2.14 bits per heavy atom. The molecule has 0 aliphatic heterocycles. The Kier molecular flexibility index (Phi) is 6.87. The van der Waals surface area contributed by atoms with Crippen LogP contribution in [0.3, 0.4) is 0 Å². The number of aryl methyl sites for hydroxylation is 1. The van der Waals surface area contributed by atoms with E-state index in [0.717, 1.165) is 16.8 Å². The fourth-order valence-corrected chi connectivity index (χ4v) is 2.79. The number of hydrogen-bond donors (Lipinski definition) is 1. The van der Waals surface area contributed by atoms with Crippen LogP contribution in [0.5, 0.6) is 17.2 Å². The summed E-state index contributed by atoms with van der Waals surface area (Å²) in [6.07, 6.45) is 0. The third kappa shape index (κ3) is 4.54. The summed E-state index contributed by atoms with van der Waals surface area (Å²) in [7, 11) is 6.01. The number of carbonyl (C=O) groups excluding carboxylic acids is 2. The topological polar surface area (TPSA) is 77.1 Å². The molecule has 7 heteroatoms. The van der Waals surface area contributed by atoms with Crippen LogP contribution in [0.4, 0.5) is 5.69 Å². The van der Waals surface area contributed by atoms with Gasteiger partial charge in [0.1, 0.15) is 0 Å². The van der Waals surface area contributed by atoms with Crippen molar-refractivity contribution in [2.24, 2.45) is 0 Å². The first-order valence-electron chi connectivity index (χ1n) is 8.73. The first kappa shape index (κ1) is 21.1. The molecule has 0 heterocycles. The van der Waals surface area contributed by atoms with Crippen molar-refractivity contribution in [3.63, 3.8) is 0 Å². The molecular formula is C21H26N2O5. The molecule has 0 fully saturated rings. The molecule has 28 heavy (non-hydrogen) atoms. The SMILES string of the molecule is COc1cc(C(=O)N(C)CC(=O)Nc2cccc(C)c2C)cc(OC)c1OC. The van der Waals surface area contributed by atoms with Crippen molar-refractivity contribution in [1.82, 2.24) is 4.90 Å². The van der Waals surface area contributed by atoms with Gasteiger partial charge in [0.05, 0.1) is 27.9 Å². The van der Waals surface area contributed by atoms with Gasteiger partial charge < -0.3 is 24.4 Å². The van der Waals surface area contributed by atoms with E-state index in [4.69, 9.17) is 14.2 Å². The van der Waals surface area contributed by atoms with Gasteiger partial charge in [0, 0.05) is 18.3 Å². The molecule has 0 aromatic heterocycles. The normalized spacial score (nSPS) is 10.2. The van der Waals surface area contributed by atoms with Crippen LogP contribution >= 0.6 is 0 Å². The maximum atomic E-state index is 12.8. The lowest BCUT2D eigenvalue weighted by Crippen LogP contribution is -2.35. The fourth-order valence-electron chi connectivity index (χ4n) is 2.79. The number of benzene rings is 2. The van der Waals surface area contributed by atoms with E-state index in [1.54, 1.807) is 19.2 Å². The second kappa shape index (κ2) is 9.12. The standard InChI is InChI=1S/C21H26N2O5/c1-13-8-7-9-16(14(13)2)22-19(24)12-23(3)21(25)15-10-17(26-4)20(28-6)18(11-15)27-5/h7-11H,12H2,1-6H3,(H,22,24). The van der Waals surface area contributed by atoms with Crippen LogP contribution in [0, 0.1) is 13.8 Å². The molecule has 0 atom stereocenters. The van der Waals surface area contributed by atoms with E-state index < -0.39 is 0 Å². The molecular weight excluding hydrogens is 360 g/mol. The van der Waals surface area contributed by atoms with Gasteiger partial charge >= 0.3 is 0 Å². The Hall–Kier alpha value is -3.22. The van der Waals surface area contributed by atoms with Gasteiger partial charge in [-0.15, -0.1) is 0 Å². The molecule has 0 saturated carbocycles. The maximum absolute atomic E-state index is 12.8. The molecule has 150 valence electrons. The number of nitrogens with one attached hydrogen (secondary N) is 1. The summed E-state index contributed by atoms with van der Waals surface area (Å²) in [6.45, 7) is 3.82. The number of anilines is 1. The van der Waals surface area contributed by atoms with Gasteiger partial charge in [0.2, 0.25) is 11.7 Å². The molecule has 0 aliphatic rings. The quantitative estimate of drug-likeness (QED) is 0.791. The van der Waals surface area contributed by atoms with Gasteiger partial charge in [-0.25, -0.2) is 0 Å². The largest absolute Gasteiger partial charge is 0.493 e. The van der Waals surface area contributed by atoms with Gasteiger partial charge in [-0.2, -0.15) is 0 Å². The molecule has 0 spiro atoms. The molecule has 2 aromatic carbocycles. The predicted molar refractivity (Wildman–Crippen MR) is 108 cm³/mol. The third-order valence-electron chi connectivity index (χ3n) is 4.52. The number of nitrogens with zero attached hydrogens (tertiary/aromatic N) is 1. The summed E-state index contributed by atoms with van der Waals surface area (Å²) in [6, 6.07) is 8.81. The van der Waals surface area contributed by atoms with E-state index in [0.29, 0.717) is 22.8 Å². The highest BCUT2D eigenvalue weighted by atomic mass is 16.5. The molecule has 2 amide bonds. The highest BCUT2D eigenvalue weighted by molar-refractivity contribution is 6.00. The fraction of sp³-hybridized carbons (Fsp3) is 0.333. The minimum atomic E-state index is -0.338. The van der Waals surface area contributed by atoms with Crippen LogP contribution in [-0.4, -0.2) is 51.6 Å². The molecule has 0 unspecified atom stereocenters. The van der Waals surface area contributed by atoms with Crippen LogP contribution in [0.1, 0.15) is 21.5 Å². The number of ether oxygens (including phenoxy) is 3. The van der Waals surface area contributed by atoms with E-state index in [9.17, 15) is 9.59 Å². The summed E-state index contributed by atoms with van der Waals surface area (Å²) < 4.78 is 15.8. The van der Waals surface area contributed by atoms with Crippen molar-refractivity contribution < 1.29 is 23.8 Å². The van der Waals surface area contributed by atoms with Crippen LogP contribution in [-0.2, 0) is 4.79 Å². The third-order valence-corrected chi connectivity index (χ3v) is 4.52. The summed E-state index contributed by atoms with van der Waals surface area (Å²) in [5.41, 5.74) is 3.14. The minimum absolute atomic E-state index is 0.0944. The van der Waals surface area contributed by atoms with Crippen LogP contribution in [0.15, 0.2) is 30.3 Å². The zero-order chi connectivity index (χ0) is 20.8. The number of rotatable bonds is 7. The van der Waals surface area contributed by atoms with E-state index >= 15 is 0 Å². The number of methoxy groups -OCH3 is 3. The van der Waals surface area contributed by atoms with Gasteiger partial charge in [0.15, 0.2) is 11.5 Å². The van der Waals surface area contributed by atoms with E-state index in [-0.39, 0.29) is 18.4 Å². The van der Waals surface area contributed by atoms with Crippen molar-refractivity contribution in [3.05, 3.63) is 47.0 Å². The van der Waals surface area contributed by atoms with Gasteiger partial charge in [-0.3, -0.25) is 9.59 Å². The molecule has 2 aromatic rings. The Morgan fingerprint density at radius 1 is 1.00 bits per heavy atom. The smallest absolute Gasteiger partial charge is 0.254 e.